The van der Waals surface area contributed by atoms with Crippen molar-refractivity contribution >= 4 is 23.2 Å². The monoisotopic (exact) mass is 310 g/mol. The van der Waals surface area contributed by atoms with E-state index in [0.29, 0.717) is 11.4 Å². The van der Waals surface area contributed by atoms with Crippen LogP contribution in [0.1, 0.15) is 5.56 Å². The number of nitrogens with zero attached hydrogens (tertiary/aromatic N) is 2. The number of ether oxygens (including phenoxy) is 1. The summed E-state index contributed by atoms with van der Waals surface area (Å²) in [6.45, 7) is 1.90. The maximum absolute atomic E-state index is 12.5. The molecule has 0 bridgehead atoms. The number of amides is 2. The first-order valence-corrected chi connectivity index (χ1v) is 7.41. The van der Waals surface area contributed by atoms with Gasteiger partial charge in [-0.3, -0.25) is 14.5 Å². The van der Waals surface area contributed by atoms with Crippen LogP contribution in [0.2, 0.25) is 0 Å². The summed E-state index contributed by atoms with van der Waals surface area (Å²) in [7, 11) is 1.71. The summed E-state index contributed by atoms with van der Waals surface area (Å²) in [5, 5.41) is 0. The highest BCUT2D eigenvalue weighted by molar-refractivity contribution is 6.05. The molecule has 118 valence electrons. The molecule has 2 aromatic rings. The SMILES string of the molecule is Cc1ccc2c(c1)OCC(=O)N2CC(=O)N(C)c1ccccc1. The van der Waals surface area contributed by atoms with Gasteiger partial charge in [0, 0.05) is 12.7 Å². The van der Waals surface area contributed by atoms with E-state index in [1.807, 2.05) is 55.5 Å². The highest BCUT2D eigenvalue weighted by Crippen LogP contribution is 2.32. The molecule has 0 atom stereocenters. The minimum atomic E-state index is -0.212. The van der Waals surface area contributed by atoms with Gasteiger partial charge in [0.1, 0.15) is 12.3 Å². The van der Waals surface area contributed by atoms with Crippen LogP contribution >= 0.6 is 0 Å². The zero-order chi connectivity index (χ0) is 16.4. The molecule has 0 aromatic heterocycles. The Kier molecular flexibility index (Phi) is 4.02. The summed E-state index contributed by atoms with van der Waals surface area (Å²) in [6.07, 6.45) is 0. The van der Waals surface area contributed by atoms with Gasteiger partial charge in [0.25, 0.3) is 5.91 Å². The van der Waals surface area contributed by atoms with E-state index in [1.54, 1.807) is 11.9 Å². The van der Waals surface area contributed by atoms with Crippen molar-refractivity contribution in [2.75, 3.05) is 30.0 Å². The van der Waals surface area contributed by atoms with E-state index >= 15 is 0 Å². The van der Waals surface area contributed by atoms with Crippen molar-refractivity contribution in [3.8, 4) is 5.75 Å². The van der Waals surface area contributed by atoms with E-state index in [2.05, 4.69) is 0 Å². The Morgan fingerprint density at radius 1 is 1.22 bits per heavy atom. The number of para-hydroxylation sites is 1. The molecule has 0 radical (unpaired) electrons. The van der Waals surface area contributed by atoms with Crippen LogP contribution < -0.4 is 14.5 Å². The van der Waals surface area contributed by atoms with Crippen molar-refractivity contribution in [3.63, 3.8) is 0 Å². The van der Waals surface area contributed by atoms with Gasteiger partial charge < -0.3 is 9.64 Å². The second kappa shape index (κ2) is 6.12. The zero-order valence-electron chi connectivity index (χ0n) is 13.2. The van der Waals surface area contributed by atoms with Crippen molar-refractivity contribution in [1.29, 1.82) is 0 Å². The van der Waals surface area contributed by atoms with Gasteiger partial charge in [-0.2, -0.15) is 0 Å². The lowest BCUT2D eigenvalue weighted by Crippen LogP contribution is -2.45. The Labute approximate surface area is 135 Å². The van der Waals surface area contributed by atoms with Crippen molar-refractivity contribution in [1.82, 2.24) is 0 Å². The van der Waals surface area contributed by atoms with E-state index in [4.69, 9.17) is 4.74 Å². The molecule has 5 heteroatoms. The third kappa shape index (κ3) is 3.04. The number of rotatable bonds is 3. The number of aryl methyl sites for hydroxylation is 1. The fourth-order valence-electron chi connectivity index (χ4n) is 2.52. The van der Waals surface area contributed by atoms with Crippen LogP contribution in [0.5, 0.6) is 5.75 Å². The van der Waals surface area contributed by atoms with Gasteiger partial charge in [-0.25, -0.2) is 0 Å². The van der Waals surface area contributed by atoms with Gasteiger partial charge in [-0.05, 0) is 36.8 Å². The Bertz CT molecular complexity index is 743. The van der Waals surface area contributed by atoms with E-state index < -0.39 is 0 Å². The van der Waals surface area contributed by atoms with Crippen LogP contribution in [0.15, 0.2) is 48.5 Å². The average Bonchev–Trinajstić information content (AvgIpc) is 2.57. The Morgan fingerprint density at radius 3 is 2.70 bits per heavy atom. The molecule has 5 nitrogen and oxygen atoms in total. The molecule has 0 saturated carbocycles. The number of benzene rings is 2. The molecule has 0 unspecified atom stereocenters. The molecular weight excluding hydrogens is 292 g/mol. The lowest BCUT2D eigenvalue weighted by atomic mass is 10.1. The fraction of sp³-hybridized carbons (Fsp3) is 0.222. The molecule has 0 spiro atoms. The number of hydrogen-bond acceptors (Lipinski definition) is 3. The van der Waals surface area contributed by atoms with E-state index in [1.165, 1.54) is 4.90 Å². The van der Waals surface area contributed by atoms with Gasteiger partial charge in [-0.15, -0.1) is 0 Å². The van der Waals surface area contributed by atoms with Gasteiger partial charge in [0.05, 0.1) is 5.69 Å². The zero-order valence-corrected chi connectivity index (χ0v) is 13.2. The van der Waals surface area contributed by atoms with Crippen molar-refractivity contribution in [2.24, 2.45) is 0 Å². The minimum absolute atomic E-state index is 0.0103. The molecule has 1 aliphatic rings. The maximum atomic E-state index is 12.5. The number of anilines is 2. The molecule has 0 aliphatic carbocycles. The minimum Gasteiger partial charge on any atom is -0.482 e. The molecule has 0 N–H and O–H groups in total. The van der Waals surface area contributed by atoms with Crippen LogP contribution in [0.25, 0.3) is 0 Å². The predicted molar refractivity (Wildman–Crippen MR) is 88.9 cm³/mol. The third-order valence-electron chi connectivity index (χ3n) is 3.87. The van der Waals surface area contributed by atoms with Gasteiger partial charge in [0.15, 0.2) is 6.61 Å². The largest absolute Gasteiger partial charge is 0.482 e. The van der Waals surface area contributed by atoms with Crippen LogP contribution in [0.3, 0.4) is 0 Å². The summed E-state index contributed by atoms with van der Waals surface area (Å²) in [6, 6.07) is 14.9. The van der Waals surface area contributed by atoms with Crippen molar-refractivity contribution < 1.29 is 14.3 Å². The Morgan fingerprint density at radius 2 is 1.96 bits per heavy atom. The smallest absolute Gasteiger partial charge is 0.265 e. The molecule has 2 aromatic carbocycles. The second-order valence-corrected chi connectivity index (χ2v) is 5.53. The number of carbonyl (C=O) groups excluding carboxylic acids is 2. The van der Waals surface area contributed by atoms with Crippen LogP contribution in [0.4, 0.5) is 11.4 Å². The maximum Gasteiger partial charge on any atom is 0.265 e. The van der Waals surface area contributed by atoms with Crippen molar-refractivity contribution in [2.45, 2.75) is 6.92 Å². The van der Waals surface area contributed by atoms with E-state index in [9.17, 15) is 9.59 Å². The van der Waals surface area contributed by atoms with Crippen LogP contribution in [-0.2, 0) is 9.59 Å². The fourth-order valence-corrected chi connectivity index (χ4v) is 2.52. The van der Waals surface area contributed by atoms with E-state index in [0.717, 1.165) is 11.3 Å². The molecule has 0 fully saturated rings. The molecule has 3 rings (SSSR count). The summed E-state index contributed by atoms with van der Waals surface area (Å²) in [4.78, 5) is 27.7. The molecule has 1 aliphatic heterocycles. The summed E-state index contributed by atoms with van der Waals surface area (Å²) in [5.41, 5.74) is 2.48. The molecule has 23 heavy (non-hydrogen) atoms. The Balaban J connectivity index is 1.82. The van der Waals surface area contributed by atoms with Gasteiger partial charge >= 0.3 is 0 Å². The summed E-state index contributed by atoms with van der Waals surface area (Å²) in [5.74, 6) is 0.272. The second-order valence-electron chi connectivity index (χ2n) is 5.53. The first-order valence-electron chi connectivity index (χ1n) is 7.41. The highest BCUT2D eigenvalue weighted by Gasteiger charge is 2.28. The molecular formula is C18H18N2O3. The van der Waals surface area contributed by atoms with Crippen molar-refractivity contribution in [3.05, 3.63) is 54.1 Å². The predicted octanol–water partition coefficient (Wildman–Crippen LogP) is 2.38. The van der Waals surface area contributed by atoms with Gasteiger partial charge in [0.2, 0.25) is 5.91 Å². The lowest BCUT2D eigenvalue weighted by Gasteiger charge is -2.30. The van der Waals surface area contributed by atoms with Crippen LogP contribution in [-0.4, -0.2) is 32.0 Å². The molecule has 0 saturated heterocycles. The first-order chi connectivity index (χ1) is 11.1. The number of carbonyl (C=O) groups is 2. The summed E-state index contributed by atoms with van der Waals surface area (Å²) >= 11 is 0. The third-order valence-corrected chi connectivity index (χ3v) is 3.87. The highest BCUT2D eigenvalue weighted by atomic mass is 16.5. The topological polar surface area (TPSA) is 49.9 Å². The number of fused-ring (bicyclic) bond motifs is 1. The quantitative estimate of drug-likeness (QED) is 0.874. The number of likely N-dealkylation sites (N-methyl/N-ethyl adjacent to an activating group) is 1. The normalized spacial score (nSPS) is 13.3. The first kappa shape index (κ1) is 15.1. The lowest BCUT2D eigenvalue weighted by molar-refractivity contribution is -0.124. The van der Waals surface area contributed by atoms with Gasteiger partial charge in [-0.1, -0.05) is 24.3 Å². The van der Waals surface area contributed by atoms with E-state index in [-0.39, 0.29) is 25.0 Å². The van der Waals surface area contributed by atoms with Crippen LogP contribution in [0, 0.1) is 6.92 Å². The molecule has 2 amide bonds. The Hall–Kier alpha value is -2.82. The summed E-state index contributed by atoms with van der Waals surface area (Å²) < 4.78 is 5.46. The number of hydrogen-bond donors (Lipinski definition) is 0. The molecule has 1 heterocycles. The average molecular weight is 310 g/mol. The standard InChI is InChI=1S/C18H18N2O3/c1-13-8-9-15-16(10-13)23-12-18(22)20(15)11-17(21)19(2)14-6-4-3-5-7-14/h3-10H,11-12H2,1-2H3.